The summed E-state index contributed by atoms with van der Waals surface area (Å²) in [4.78, 5) is 4.30. The quantitative estimate of drug-likeness (QED) is 0.203. The highest BCUT2D eigenvalue weighted by atomic mass is 32.2. The molecule has 0 heterocycles. The average Bonchev–Trinajstić information content (AvgIpc) is 2.16. The highest BCUT2D eigenvalue weighted by Gasteiger charge is 1.96. The topological polar surface area (TPSA) is 62.4 Å². The lowest BCUT2D eigenvalue weighted by Crippen LogP contribution is -2.42. The first-order chi connectivity index (χ1) is 6.70. The van der Waals surface area contributed by atoms with Gasteiger partial charge in [0.05, 0.1) is 0 Å². The summed E-state index contributed by atoms with van der Waals surface area (Å²) in [5.74, 6) is 7.74. The van der Waals surface area contributed by atoms with Gasteiger partial charge < -0.3 is 5.32 Å². The molecule has 14 heavy (non-hydrogen) atoms. The van der Waals surface area contributed by atoms with E-state index in [1.54, 1.807) is 0 Å². The van der Waals surface area contributed by atoms with Crippen molar-refractivity contribution in [3.8, 4) is 0 Å². The van der Waals surface area contributed by atoms with Gasteiger partial charge in [-0.25, -0.2) is 5.84 Å². The molecule has 4 nitrogen and oxygen atoms in total. The van der Waals surface area contributed by atoms with E-state index in [9.17, 15) is 0 Å². The third kappa shape index (κ3) is 8.19. The van der Waals surface area contributed by atoms with Crippen LogP contribution < -0.4 is 16.6 Å². The van der Waals surface area contributed by atoms with Gasteiger partial charge in [0.1, 0.15) is 0 Å². The van der Waals surface area contributed by atoms with Gasteiger partial charge in [-0.1, -0.05) is 13.8 Å². The molecule has 0 atom stereocenters. The molecule has 84 valence electrons. The van der Waals surface area contributed by atoms with Crippen molar-refractivity contribution in [3.63, 3.8) is 0 Å². The summed E-state index contributed by atoms with van der Waals surface area (Å²) in [5, 5.41) is 3.16. The fourth-order valence-corrected chi connectivity index (χ4v) is 1.28. The lowest BCUT2D eigenvalue weighted by Gasteiger charge is -2.09. The molecule has 0 aliphatic heterocycles. The number of hydrazine groups is 1. The van der Waals surface area contributed by atoms with Gasteiger partial charge in [-0.2, -0.15) is 11.8 Å². The van der Waals surface area contributed by atoms with Crippen molar-refractivity contribution < 1.29 is 0 Å². The number of nitrogens with zero attached hydrogens (tertiary/aromatic N) is 1. The zero-order chi connectivity index (χ0) is 10.8. The van der Waals surface area contributed by atoms with Crippen LogP contribution in [0.25, 0.3) is 0 Å². The van der Waals surface area contributed by atoms with Crippen LogP contribution in [0, 0.1) is 5.92 Å². The number of aliphatic imine (C=N–C) groups is 1. The molecule has 0 aromatic carbocycles. The Morgan fingerprint density at radius 1 is 1.50 bits per heavy atom. The van der Waals surface area contributed by atoms with Gasteiger partial charge in [0.2, 0.25) is 5.96 Å². The van der Waals surface area contributed by atoms with E-state index in [1.807, 2.05) is 11.8 Å². The second-order valence-electron chi connectivity index (χ2n) is 3.50. The lowest BCUT2D eigenvalue weighted by molar-refractivity contribution is 0.656. The van der Waals surface area contributed by atoms with Crippen molar-refractivity contribution in [2.45, 2.75) is 20.3 Å². The van der Waals surface area contributed by atoms with Crippen LogP contribution in [-0.4, -0.2) is 31.1 Å². The van der Waals surface area contributed by atoms with Crippen LogP contribution in [0.1, 0.15) is 20.3 Å². The monoisotopic (exact) mass is 218 g/mol. The van der Waals surface area contributed by atoms with Gasteiger partial charge in [0, 0.05) is 13.1 Å². The molecule has 0 radical (unpaired) electrons. The minimum Gasteiger partial charge on any atom is -0.355 e. The Bertz CT molecular complexity index is 159. The smallest absolute Gasteiger partial charge is 0.205 e. The molecule has 0 saturated heterocycles. The van der Waals surface area contributed by atoms with E-state index >= 15 is 0 Å². The van der Waals surface area contributed by atoms with Gasteiger partial charge in [-0.05, 0) is 24.3 Å². The van der Waals surface area contributed by atoms with Gasteiger partial charge in [0.15, 0.2) is 0 Å². The minimum absolute atomic E-state index is 0.561. The van der Waals surface area contributed by atoms with Crippen LogP contribution in [0.4, 0.5) is 0 Å². The van der Waals surface area contributed by atoms with E-state index < -0.39 is 0 Å². The van der Waals surface area contributed by atoms with E-state index in [0.717, 1.165) is 25.3 Å². The molecule has 5 heteroatoms. The summed E-state index contributed by atoms with van der Waals surface area (Å²) in [7, 11) is 0. The van der Waals surface area contributed by atoms with E-state index in [0.29, 0.717) is 11.9 Å². The summed E-state index contributed by atoms with van der Waals surface area (Å²) in [6.07, 6.45) is 3.23. The molecule has 4 N–H and O–H groups in total. The summed E-state index contributed by atoms with van der Waals surface area (Å²) in [6, 6.07) is 0. The van der Waals surface area contributed by atoms with Crippen molar-refractivity contribution in [1.29, 1.82) is 0 Å². The van der Waals surface area contributed by atoms with Crippen molar-refractivity contribution >= 4 is 17.7 Å². The number of hydrogen-bond acceptors (Lipinski definition) is 3. The Labute approximate surface area is 91.1 Å². The van der Waals surface area contributed by atoms with Crippen molar-refractivity contribution in [2.24, 2.45) is 16.8 Å². The Morgan fingerprint density at radius 2 is 2.21 bits per heavy atom. The highest BCUT2D eigenvalue weighted by molar-refractivity contribution is 7.98. The fourth-order valence-electron chi connectivity index (χ4n) is 0.850. The van der Waals surface area contributed by atoms with Crippen LogP contribution in [0.5, 0.6) is 0 Å². The van der Waals surface area contributed by atoms with E-state index in [4.69, 9.17) is 5.84 Å². The second kappa shape index (κ2) is 9.15. The summed E-state index contributed by atoms with van der Waals surface area (Å²) >= 11 is 1.85. The molecule has 0 spiro atoms. The number of rotatable bonds is 6. The third-order valence-electron chi connectivity index (χ3n) is 1.57. The largest absolute Gasteiger partial charge is 0.355 e. The maximum Gasteiger partial charge on any atom is 0.205 e. The summed E-state index contributed by atoms with van der Waals surface area (Å²) in [5.41, 5.74) is 2.57. The molecular weight excluding hydrogens is 196 g/mol. The van der Waals surface area contributed by atoms with Crippen molar-refractivity contribution in [3.05, 3.63) is 0 Å². The SMILES string of the molecule is CSCCCNC(=NCC(C)C)NN. The summed E-state index contributed by atoms with van der Waals surface area (Å²) in [6.45, 7) is 5.98. The number of hydrogen-bond donors (Lipinski definition) is 3. The molecule has 0 fully saturated rings. The Balaban J connectivity index is 3.62. The first-order valence-electron chi connectivity index (χ1n) is 4.94. The molecule has 0 aromatic rings. The molecular formula is C9H22N4S. The van der Waals surface area contributed by atoms with Crippen molar-refractivity contribution in [2.75, 3.05) is 25.1 Å². The molecule has 0 bridgehead atoms. The highest BCUT2D eigenvalue weighted by Crippen LogP contribution is 1.93. The molecule has 0 aliphatic carbocycles. The fraction of sp³-hybridized carbons (Fsp3) is 0.889. The van der Waals surface area contributed by atoms with Gasteiger partial charge in [-0.3, -0.25) is 10.4 Å². The van der Waals surface area contributed by atoms with Gasteiger partial charge in [0.25, 0.3) is 0 Å². The predicted molar refractivity (Wildman–Crippen MR) is 65.5 cm³/mol. The van der Waals surface area contributed by atoms with E-state index in [2.05, 4.69) is 35.8 Å². The van der Waals surface area contributed by atoms with Gasteiger partial charge >= 0.3 is 0 Å². The van der Waals surface area contributed by atoms with E-state index in [1.165, 1.54) is 0 Å². The molecule has 0 unspecified atom stereocenters. The van der Waals surface area contributed by atoms with Crippen LogP contribution in [0.3, 0.4) is 0 Å². The number of guanidine groups is 1. The van der Waals surface area contributed by atoms with Gasteiger partial charge in [-0.15, -0.1) is 0 Å². The molecule has 0 rings (SSSR count). The third-order valence-corrected chi connectivity index (χ3v) is 2.27. The normalized spacial score (nSPS) is 11.9. The van der Waals surface area contributed by atoms with Crippen LogP contribution in [0.2, 0.25) is 0 Å². The minimum atomic E-state index is 0.561. The Hall–Kier alpha value is -0.420. The number of nitrogens with two attached hydrogens (primary N) is 1. The van der Waals surface area contributed by atoms with E-state index in [-0.39, 0.29) is 0 Å². The van der Waals surface area contributed by atoms with Crippen molar-refractivity contribution in [1.82, 2.24) is 10.7 Å². The zero-order valence-electron chi connectivity index (χ0n) is 9.34. The van der Waals surface area contributed by atoms with Crippen LogP contribution >= 0.6 is 11.8 Å². The average molecular weight is 218 g/mol. The maximum atomic E-state index is 5.33. The molecule has 0 aromatic heterocycles. The molecule has 0 aliphatic rings. The number of nitrogens with one attached hydrogen (secondary N) is 2. The molecule has 0 amide bonds. The first-order valence-corrected chi connectivity index (χ1v) is 6.34. The number of thioether (sulfide) groups is 1. The predicted octanol–water partition coefficient (Wildman–Crippen LogP) is 0.804. The second-order valence-corrected chi connectivity index (χ2v) is 4.49. The maximum absolute atomic E-state index is 5.33. The Morgan fingerprint density at radius 3 is 2.71 bits per heavy atom. The Kier molecular flexibility index (Phi) is 8.87. The lowest BCUT2D eigenvalue weighted by atomic mass is 10.2. The molecule has 0 saturated carbocycles. The summed E-state index contributed by atoms with van der Waals surface area (Å²) < 4.78 is 0. The van der Waals surface area contributed by atoms with Crippen LogP contribution in [-0.2, 0) is 0 Å². The zero-order valence-corrected chi connectivity index (χ0v) is 10.2. The standard InChI is InChI=1S/C9H22N4S/c1-8(2)7-12-9(13-10)11-5-4-6-14-3/h8H,4-7,10H2,1-3H3,(H2,11,12,13). The van der Waals surface area contributed by atoms with Crippen LogP contribution in [0.15, 0.2) is 4.99 Å². The first kappa shape index (κ1) is 13.6.